The number of piperazine rings is 1. The van der Waals surface area contributed by atoms with Gasteiger partial charge in [0.15, 0.2) is 0 Å². The van der Waals surface area contributed by atoms with Gasteiger partial charge in [0.2, 0.25) is 21.8 Å². The van der Waals surface area contributed by atoms with E-state index in [9.17, 15) is 22.8 Å². The first-order valence-corrected chi connectivity index (χ1v) is 12.6. The molecule has 1 aromatic rings. The summed E-state index contributed by atoms with van der Waals surface area (Å²) >= 11 is 0. The molecule has 2 aliphatic rings. The van der Waals surface area contributed by atoms with Crippen molar-refractivity contribution in [1.29, 1.82) is 0 Å². The van der Waals surface area contributed by atoms with Crippen molar-refractivity contribution < 1.29 is 27.5 Å². The Morgan fingerprint density at radius 3 is 2.00 bits per heavy atom. The number of rotatable bonds is 6. The molecule has 0 atom stereocenters. The van der Waals surface area contributed by atoms with Gasteiger partial charge in [-0.1, -0.05) is 6.92 Å². The summed E-state index contributed by atoms with van der Waals surface area (Å²) in [6.07, 6.45) is 1.40. The van der Waals surface area contributed by atoms with Gasteiger partial charge in [-0.05, 0) is 44.0 Å². The van der Waals surface area contributed by atoms with Crippen LogP contribution in [0.3, 0.4) is 0 Å². The number of hydrogen-bond acceptors (Lipinski definition) is 6. The molecule has 10 heteroatoms. The first-order chi connectivity index (χ1) is 15.3. The molecular formula is C22H31N3O6S. The molecule has 1 aromatic carbocycles. The molecule has 176 valence electrons. The summed E-state index contributed by atoms with van der Waals surface area (Å²) in [7, 11) is -3.70. The molecule has 2 aliphatic heterocycles. The highest BCUT2D eigenvalue weighted by Crippen LogP contribution is 2.26. The Kier molecular flexibility index (Phi) is 7.89. The number of hydrogen-bond donors (Lipinski definition) is 0. The maximum atomic E-state index is 13.0. The van der Waals surface area contributed by atoms with E-state index in [0.717, 1.165) is 0 Å². The molecule has 0 radical (unpaired) electrons. The lowest BCUT2D eigenvalue weighted by atomic mass is 9.96. The van der Waals surface area contributed by atoms with Crippen molar-refractivity contribution in [2.45, 2.75) is 38.0 Å². The van der Waals surface area contributed by atoms with Gasteiger partial charge in [0.25, 0.3) is 0 Å². The molecule has 0 N–H and O–H groups in total. The molecule has 2 amide bonds. The van der Waals surface area contributed by atoms with E-state index in [0.29, 0.717) is 51.0 Å². The summed E-state index contributed by atoms with van der Waals surface area (Å²) in [6, 6.07) is 5.72. The second kappa shape index (κ2) is 10.4. The van der Waals surface area contributed by atoms with Crippen LogP contribution in [0.1, 0.15) is 43.5 Å². The van der Waals surface area contributed by atoms with Crippen LogP contribution < -0.4 is 0 Å². The molecule has 2 fully saturated rings. The highest BCUT2D eigenvalue weighted by atomic mass is 32.2. The first kappa shape index (κ1) is 24.2. The van der Waals surface area contributed by atoms with Gasteiger partial charge in [0.05, 0.1) is 17.1 Å². The number of carbonyl (C=O) groups is 3. The Hall–Kier alpha value is -2.46. The SMILES string of the molecule is CCOC(=O)c1ccc(S(=O)(=O)N2CCC(C(=O)N3CCN(C(=O)CC)CC3)CC2)cc1. The molecule has 0 bridgehead atoms. The molecule has 0 unspecified atom stereocenters. The fourth-order valence-corrected chi connectivity index (χ4v) is 5.60. The Morgan fingerprint density at radius 1 is 0.906 bits per heavy atom. The lowest BCUT2D eigenvalue weighted by molar-refractivity contribution is -0.142. The molecular weight excluding hydrogens is 434 g/mol. The van der Waals surface area contributed by atoms with E-state index in [-0.39, 0.29) is 42.3 Å². The van der Waals surface area contributed by atoms with Crippen LogP contribution in [0, 0.1) is 5.92 Å². The van der Waals surface area contributed by atoms with Crippen LogP contribution in [-0.2, 0) is 24.3 Å². The Morgan fingerprint density at radius 2 is 1.47 bits per heavy atom. The van der Waals surface area contributed by atoms with Gasteiger partial charge < -0.3 is 14.5 Å². The Balaban J connectivity index is 1.55. The third-order valence-electron chi connectivity index (χ3n) is 6.05. The molecule has 3 rings (SSSR count). The Labute approximate surface area is 189 Å². The van der Waals surface area contributed by atoms with Crippen molar-refractivity contribution in [3.05, 3.63) is 29.8 Å². The smallest absolute Gasteiger partial charge is 0.338 e. The average molecular weight is 466 g/mol. The minimum Gasteiger partial charge on any atom is -0.462 e. The maximum absolute atomic E-state index is 13.0. The largest absolute Gasteiger partial charge is 0.462 e. The lowest BCUT2D eigenvalue weighted by Gasteiger charge is -2.38. The minimum absolute atomic E-state index is 0.0458. The predicted octanol–water partition coefficient (Wildman–Crippen LogP) is 1.34. The topological polar surface area (TPSA) is 104 Å². The second-order valence-electron chi connectivity index (χ2n) is 7.98. The van der Waals surface area contributed by atoms with E-state index >= 15 is 0 Å². The van der Waals surface area contributed by atoms with E-state index in [1.165, 1.54) is 28.6 Å². The second-order valence-corrected chi connectivity index (χ2v) is 9.92. The van der Waals surface area contributed by atoms with Crippen LogP contribution in [0.5, 0.6) is 0 Å². The lowest BCUT2D eigenvalue weighted by Crippen LogP contribution is -2.53. The molecule has 0 aliphatic carbocycles. The number of amides is 2. The number of nitrogens with zero attached hydrogens (tertiary/aromatic N) is 3. The molecule has 2 heterocycles. The number of benzene rings is 1. The van der Waals surface area contributed by atoms with Crippen molar-refractivity contribution in [3.8, 4) is 0 Å². The van der Waals surface area contributed by atoms with Crippen molar-refractivity contribution >= 4 is 27.8 Å². The van der Waals surface area contributed by atoms with Gasteiger partial charge in [-0.2, -0.15) is 4.31 Å². The third-order valence-corrected chi connectivity index (χ3v) is 7.97. The number of carbonyl (C=O) groups excluding carboxylic acids is 3. The van der Waals surface area contributed by atoms with Crippen molar-refractivity contribution in [2.75, 3.05) is 45.9 Å². The van der Waals surface area contributed by atoms with Gasteiger partial charge >= 0.3 is 5.97 Å². The number of piperidine rings is 1. The molecule has 2 saturated heterocycles. The molecule has 0 spiro atoms. The van der Waals surface area contributed by atoms with E-state index in [1.54, 1.807) is 16.7 Å². The first-order valence-electron chi connectivity index (χ1n) is 11.1. The van der Waals surface area contributed by atoms with Crippen LogP contribution in [-0.4, -0.2) is 86.2 Å². The molecule has 0 aromatic heterocycles. The van der Waals surface area contributed by atoms with Crippen LogP contribution in [0.15, 0.2) is 29.2 Å². The average Bonchev–Trinajstić information content (AvgIpc) is 2.83. The summed E-state index contributed by atoms with van der Waals surface area (Å²) < 4.78 is 32.3. The number of esters is 1. The highest BCUT2D eigenvalue weighted by molar-refractivity contribution is 7.89. The third kappa shape index (κ3) is 5.29. The predicted molar refractivity (Wildman–Crippen MR) is 117 cm³/mol. The Bertz CT molecular complexity index is 931. The summed E-state index contributed by atoms with van der Waals surface area (Å²) in [4.78, 5) is 40.2. The van der Waals surface area contributed by atoms with Gasteiger partial charge in [0, 0.05) is 51.6 Å². The summed E-state index contributed by atoms with van der Waals surface area (Å²) in [5.41, 5.74) is 0.302. The highest BCUT2D eigenvalue weighted by Gasteiger charge is 2.35. The molecule has 0 saturated carbocycles. The van der Waals surface area contributed by atoms with E-state index < -0.39 is 16.0 Å². The maximum Gasteiger partial charge on any atom is 0.338 e. The quantitative estimate of drug-likeness (QED) is 0.588. The van der Waals surface area contributed by atoms with Gasteiger partial charge in [-0.15, -0.1) is 0 Å². The molecule has 32 heavy (non-hydrogen) atoms. The van der Waals surface area contributed by atoms with Crippen molar-refractivity contribution in [1.82, 2.24) is 14.1 Å². The van der Waals surface area contributed by atoms with Crippen LogP contribution in [0.4, 0.5) is 0 Å². The standard InChI is InChI=1S/C22H31N3O6S/c1-3-20(26)23-13-15-24(16-14-23)21(27)17-9-11-25(12-10-17)32(29,30)19-7-5-18(6-8-19)22(28)31-4-2/h5-8,17H,3-4,9-16H2,1-2H3. The van der Waals surface area contributed by atoms with Crippen LogP contribution in [0.2, 0.25) is 0 Å². The van der Waals surface area contributed by atoms with Crippen LogP contribution in [0.25, 0.3) is 0 Å². The van der Waals surface area contributed by atoms with Gasteiger partial charge in [-0.25, -0.2) is 13.2 Å². The summed E-state index contributed by atoms with van der Waals surface area (Å²) in [6.45, 7) is 6.47. The number of ether oxygens (including phenoxy) is 1. The zero-order valence-electron chi connectivity index (χ0n) is 18.7. The van der Waals surface area contributed by atoms with E-state index in [4.69, 9.17) is 4.74 Å². The molecule has 9 nitrogen and oxygen atoms in total. The summed E-state index contributed by atoms with van der Waals surface area (Å²) in [5.74, 6) is -0.549. The van der Waals surface area contributed by atoms with Gasteiger partial charge in [0.1, 0.15) is 0 Å². The number of sulfonamides is 1. The zero-order valence-corrected chi connectivity index (χ0v) is 19.5. The normalized spacial score (nSPS) is 18.4. The zero-order chi connectivity index (χ0) is 23.3. The van der Waals surface area contributed by atoms with Crippen molar-refractivity contribution in [3.63, 3.8) is 0 Å². The van der Waals surface area contributed by atoms with Gasteiger partial charge in [-0.3, -0.25) is 9.59 Å². The monoisotopic (exact) mass is 465 g/mol. The fraction of sp³-hybridized carbons (Fsp3) is 0.591. The minimum atomic E-state index is -3.70. The van der Waals surface area contributed by atoms with Crippen LogP contribution >= 0.6 is 0 Å². The van der Waals surface area contributed by atoms with E-state index in [1.807, 2.05) is 6.92 Å². The van der Waals surface area contributed by atoms with Crippen molar-refractivity contribution in [2.24, 2.45) is 5.92 Å². The fourth-order valence-electron chi connectivity index (χ4n) is 4.13. The van der Waals surface area contributed by atoms with E-state index in [2.05, 4.69) is 0 Å². The summed E-state index contributed by atoms with van der Waals surface area (Å²) in [5, 5.41) is 0.